The third-order valence-electron chi connectivity index (χ3n) is 3.84. The lowest BCUT2D eigenvalue weighted by Crippen LogP contribution is -2.54. The van der Waals surface area contributed by atoms with E-state index in [0.29, 0.717) is 0 Å². The van der Waals surface area contributed by atoms with Gasteiger partial charge >= 0.3 is 0 Å². The first-order chi connectivity index (χ1) is 7.27. The molecule has 0 N–H and O–H groups in total. The molecule has 1 nitrogen and oxygen atoms in total. The van der Waals surface area contributed by atoms with E-state index < -0.39 is 0 Å². The van der Waals surface area contributed by atoms with Crippen LogP contribution in [0.3, 0.4) is 0 Å². The summed E-state index contributed by atoms with van der Waals surface area (Å²) >= 11 is 5.48. The van der Waals surface area contributed by atoms with Gasteiger partial charge in [-0.05, 0) is 45.6 Å². The largest absolute Gasteiger partial charge is 0.297 e. The van der Waals surface area contributed by atoms with E-state index >= 15 is 0 Å². The zero-order valence-electron chi connectivity index (χ0n) is 8.84. The fourth-order valence-electron chi connectivity index (χ4n) is 3.10. The van der Waals surface area contributed by atoms with Crippen LogP contribution in [-0.4, -0.2) is 18.0 Å². The second-order valence-electron chi connectivity index (χ2n) is 5.04. The molecule has 1 saturated carbocycles. The molecular formula is C12H16BrNS. The smallest absolute Gasteiger partial charge is 0.0339 e. The normalized spacial score (nSPS) is 24.6. The van der Waals surface area contributed by atoms with E-state index in [-0.39, 0.29) is 0 Å². The van der Waals surface area contributed by atoms with E-state index in [9.17, 15) is 0 Å². The highest BCUT2D eigenvalue weighted by atomic mass is 79.9. The van der Waals surface area contributed by atoms with Crippen LogP contribution in [0.1, 0.15) is 30.6 Å². The minimum atomic E-state index is 0.740. The fourth-order valence-corrected chi connectivity index (χ4v) is 4.62. The van der Waals surface area contributed by atoms with Crippen molar-refractivity contribution in [3.05, 3.63) is 20.8 Å². The zero-order valence-corrected chi connectivity index (χ0v) is 11.2. The molecule has 0 unspecified atom stereocenters. The number of hydrogen-bond acceptors (Lipinski definition) is 2. The van der Waals surface area contributed by atoms with Crippen molar-refractivity contribution in [2.75, 3.05) is 13.1 Å². The molecule has 2 fully saturated rings. The average Bonchev–Trinajstić information content (AvgIpc) is 2.75. The summed E-state index contributed by atoms with van der Waals surface area (Å²) in [4.78, 5) is 4.09. The van der Waals surface area contributed by atoms with Crippen LogP contribution in [-0.2, 0) is 6.54 Å². The second-order valence-corrected chi connectivity index (χ2v) is 6.90. The summed E-state index contributed by atoms with van der Waals surface area (Å²) in [6.07, 6.45) is 5.90. The molecule has 1 aromatic heterocycles. The number of rotatable bonds is 2. The summed E-state index contributed by atoms with van der Waals surface area (Å²) in [5.41, 5.74) is 0.740. The summed E-state index contributed by atoms with van der Waals surface area (Å²) in [7, 11) is 0. The van der Waals surface area contributed by atoms with Crippen LogP contribution in [0.15, 0.2) is 15.9 Å². The van der Waals surface area contributed by atoms with Gasteiger partial charge in [0.25, 0.3) is 0 Å². The Morgan fingerprint density at radius 1 is 1.33 bits per heavy atom. The van der Waals surface area contributed by atoms with Crippen LogP contribution in [0, 0.1) is 5.41 Å². The van der Waals surface area contributed by atoms with Gasteiger partial charge < -0.3 is 0 Å². The van der Waals surface area contributed by atoms with Gasteiger partial charge in [0.15, 0.2) is 0 Å². The predicted octanol–water partition coefficient (Wildman–Crippen LogP) is 3.89. The summed E-state index contributed by atoms with van der Waals surface area (Å²) in [5.74, 6) is 0. The zero-order chi connectivity index (χ0) is 10.3. The molecule has 0 atom stereocenters. The van der Waals surface area contributed by atoms with Gasteiger partial charge in [0.05, 0.1) is 0 Å². The van der Waals surface area contributed by atoms with E-state index in [1.54, 1.807) is 0 Å². The molecule has 1 aromatic rings. The van der Waals surface area contributed by atoms with Gasteiger partial charge in [0, 0.05) is 29.0 Å². The van der Waals surface area contributed by atoms with Crippen molar-refractivity contribution in [3.8, 4) is 0 Å². The highest BCUT2D eigenvalue weighted by Crippen LogP contribution is 2.46. The van der Waals surface area contributed by atoms with Crippen LogP contribution in [0.2, 0.25) is 0 Å². The number of likely N-dealkylation sites (tertiary alicyclic amines) is 1. The maximum atomic E-state index is 3.61. The average molecular weight is 286 g/mol. The highest BCUT2D eigenvalue weighted by Gasteiger charge is 2.44. The third-order valence-corrected chi connectivity index (χ3v) is 5.75. The molecule has 1 aliphatic heterocycles. The molecule has 0 bridgehead atoms. The van der Waals surface area contributed by atoms with Gasteiger partial charge in [-0.1, -0.05) is 12.8 Å². The Labute approximate surface area is 104 Å². The molecule has 3 rings (SSSR count). The Morgan fingerprint density at radius 3 is 2.67 bits per heavy atom. The Hall–Kier alpha value is 0.140. The molecule has 3 heteroatoms. The maximum Gasteiger partial charge on any atom is 0.0339 e. The molecule has 1 saturated heterocycles. The third kappa shape index (κ3) is 1.90. The van der Waals surface area contributed by atoms with Crippen LogP contribution in [0.4, 0.5) is 0 Å². The number of thiophene rings is 1. The molecule has 1 spiro atoms. The molecule has 15 heavy (non-hydrogen) atoms. The summed E-state index contributed by atoms with van der Waals surface area (Å²) in [6, 6.07) is 2.16. The van der Waals surface area contributed by atoms with Gasteiger partial charge in [-0.15, -0.1) is 11.3 Å². The lowest BCUT2D eigenvalue weighted by Gasteiger charge is -2.48. The van der Waals surface area contributed by atoms with Gasteiger partial charge in [-0.3, -0.25) is 4.90 Å². The monoisotopic (exact) mass is 285 g/mol. The molecule has 82 valence electrons. The first-order valence-electron chi connectivity index (χ1n) is 5.72. The number of halogens is 1. The fraction of sp³-hybridized carbons (Fsp3) is 0.667. The van der Waals surface area contributed by atoms with Crippen LogP contribution < -0.4 is 0 Å². The van der Waals surface area contributed by atoms with E-state index in [1.807, 2.05) is 11.3 Å². The summed E-state index contributed by atoms with van der Waals surface area (Å²) in [5, 5.41) is 2.17. The Balaban J connectivity index is 1.58. The highest BCUT2D eigenvalue weighted by molar-refractivity contribution is 9.10. The Morgan fingerprint density at radius 2 is 2.07 bits per heavy atom. The molecular weight excluding hydrogens is 270 g/mol. The van der Waals surface area contributed by atoms with E-state index in [2.05, 4.69) is 32.3 Å². The van der Waals surface area contributed by atoms with Gasteiger partial charge in [0.1, 0.15) is 0 Å². The number of hydrogen-bond donors (Lipinski definition) is 0. The van der Waals surface area contributed by atoms with Crippen molar-refractivity contribution in [1.82, 2.24) is 4.90 Å². The van der Waals surface area contributed by atoms with Crippen LogP contribution in [0.5, 0.6) is 0 Å². The van der Waals surface area contributed by atoms with Crippen molar-refractivity contribution in [2.24, 2.45) is 5.41 Å². The second kappa shape index (κ2) is 3.86. The predicted molar refractivity (Wildman–Crippen MR) is 68.2 cm³/mol. The van der Waals surface area contributed by atoms with E-state index in [0.717, 1.165) is 12.0 Å². The number of nitrogens with zero attached hydrogens (tertiary/aromatic N) is 1. The maximum absolute atomic E-state index is 3.61. The van der Waals surface area contributed by atoms with Crippen molar-refractivity contribution in [3.63, 3.8) is 0 Å². The molecule has 2 aliphatic rings. The van der Waals surface area contributed by atoms with Crippen molar-refractivity contribution in [2.45, 2.75) is 32.2 Å². The molecule has 0 aromatic carbocycles. The lowest BCUT2D eigenvalue weighted by atomic mass is 9.78. The summed E-state index contributed by atoms with van der Waals surface area (Å²) in [6.45, 7) is 3.84. The van der Waals surface area contributed by atoms with Crippen LogP contribution in [0.25, 0.3) is 0 Å². The minimum absolute atomic E-state index is 0.740. The first-order valence-corrected chi connectivity index (χ1v) is 7.39. The SMILES string of the molecule is Brc1ccsc1CN1CC2(CCCC2)C1. The van der Waals surface area contributed by atoms with Crippen molar-refractivity contribution < 1.29 is 0 Å². The molecule has 2 heterocycles. The topological polar surface area (TPSA) is 3.24 Å². The van der Waals surface area contributed by atoms with Crippen molar-refractivity contribution in [1.29, 1.82) is 0 Å². The molecule has 1 aliphatic carbocycles. The van der Waals surface area contributed by atoms with E-state index in [1.165, 1.54) is 48.1 Å². The molecule has 0 amide bonds. The molecule has 0 radical (unpaired) electrons. The van der Waals surface area contributed by atoms with Gasteiger partial charge in [-0.2, -0.15) is 0 Å². The van der Waals surface area contributed by atoms with Gasteiger partial charge in [-0.25, -0.2) is 0 Å². The Kier molecular flexibility index (Phi) is 2.65. The first kappa shape index (κ1) is 10.3. The summed E-state index contributed by atoms with van der Waals surface area (Å²) < 4.78 is 1.29. The standard InChI is InChI=1S/C12H16BrNS/c13-10-3-6-15-11(10)7-14-8-12(9-14)4-1-2-5-12/h3,6H,1-2,4-5,7-9H2. The minimum Gasteiger partial charge on any atom is -0.297 e. The van der Waals surface area contributed by atoms with Gasteiger partial charge in [0.2, 0.25) is 0 Å². The quantitative estimate of drug-likeness (QED) is 0.797. The Bertz CT molecular complexity index is 346. The van der Waals surface area contributed by atoms with Crippen LogP contribution >= 0.6 is 27.3 Å². The van der Waals surface area contributed by atoms with E-state index in [4.69, 9.17) is 0 Å². The van der Waals surface area contributed by atoms with Crippen molar-refractivity contribution >= 4 is 27.3 Å². The lowest BCUT2D eigenvalue weighted by molar-refractivity contribution is 0.000357.